The molecule has 160 valence electrons. The molecule has 1 fully saturated rings. The minimum atomic E-state index is -0.598. The topological polar surface area (TPSA) is 83.1 Å². The van der Waals surface area contributed by atoms with Crippen LogP contribution in [0.1, 0.15) is 38.7 Å². The van der Waals surface area contributed by atoms with Gasteiger partial charge in [0.25, 0.3) is 5.91 Å². The number of hydrogen-bond donors (Lipinski definition) is 1. The summed E-state index contributed by atoms with van der Waals surface area (Å²) in [6.07, 6.45) is 6.09. The SMILES string of the molecule is COc1cc(/C=C/C(=O)OCC(=O)N[C@H]2CCC[C@@H](C)[C@H]2C)cc(OC)c1OC. The molecule has 0 heterocycles. The van der Waals surface area contributed by atoms with E-state index < -0.39 is 5.97 Å². The van der Waals surface area contributed by atoms with Gasteiger partial charge in [-0.05, 0) is 42.0 Å². The minimum absolute atomic E-state index is 0.139. The third-order valence-electron chi connectivity index (χ3n) is 5.50. The molecule has 1 saturated carbocycles. The molecular formula is C22H31NO6. The first-order valence-electron chi connectivity index (χ1n) is 9.83. The van der Waals surface area contributed by atoms with Gasteiger partial charge in [0.2, 0.25) is 5.75 Å². The average molecular weight is 405 g/mol. The number of ether oxygens (including phenoxy) is 4. The minimum Gasteiger partial charge on any atom is -0.493 e. The van der Waals surface area contributed by atoms with Crippen LogP contribution in [0.4, 0.5) is 0 Å². The van der Waals surface area contributed by atoms with Gasteiger partial charge in [-0.2, -0.15) is 0 Å². The fraction of sp³-hybridized carbons (Fsp3) is 0.545. The van der Waals surface area contributed by atoms with Crippen LogP contribution in [0.5, 0.6) is 17.2 Å². The van der Waals surface area contributed by atoms with Crippen molar-refractivity contribution in [2.24, 2.45) is 11.8 Å². The smallest absolute Gasteiger partial charge is 0.331 e. The van der Waals surface area contributed by atoms with Crippen LogP contribution in [0.15, 0.2) is 18.2 Å². The molecule has 29 heavy (non-hydrogen) atoms. The molecule has 1 aromatic carbocycles. The highest BCUT2D eigenvalue weighted by Gasteiger charge is 2.28. The largest absolute Gasteiger partial charge is 0.493 e. The zero-order chi connectivity index (χ0) is 21.4. The first-order chi connectivity index (χ1) is 13.9. The van der Waals surface area contributed by atoms with Crippen molar-refractivity contribution in [1.29, 1.82) is 0 Å². The molecule has 0 unspecified atom stereocenters. The highest BCUT2D eigenvalue weighted by atomic mass is 16.5. The first-order valence-corrected chi connectivity index (χ1v) is 9.83. The Labute approximate surface area is 172 Å². The molecule has 1 amide bonds. The number of esters is 1. The summed E-state index contributed by atoms with van der Waals surface area (Å²) >= 11 is 0. The molecule has 1 aromatic rings. The maximum Gasteiger partial charge on any atom is 0.331 e. The quantitative estimate of drug-likeness (QED) is 0.528. The Morgan fingerprint density at radius 2 is 1.72 bits per heavy atom. The third kappa shape index (κ3) is 6.14. The zero-order valence-corrected chi connectivity index (χ0v) is 17.8. The van der Waals surface area contributed by atoms with Crippen LogP contribution in [0.3, 0.4) is 0 Å². The summed E-state index contributed by atoms with van der Waals surface area (Å²) in [4.78, 5) is 24.1. The second-order valence-electron chi connectivity index (χ2n) is 7.34. The molecule has 7 nitrogen and oxygen atoms in total. The van der Waals surface area contributed by atoms with Crippen molar-refractivity contribution in [2.45, 2.75) is 39.2 Å². The van der Waals surface area contributed by atoms with Gasteiger partial charge in [-0.1, -0.05) is 26.7 Å². The van der Waals surface area contributed by atoms with Gasteiger partial charge in [0.15, 0.2) is 18.1 Å². The van der Waals surface area contributed by atoms with E-state index in [9.17, 15) is 9.59 Å². The van der Waals surface area contributed by atoms with Crippen molar-refractivity contribution in [1.82, 2.24) is 5.32 Å². The van der Waals surface area contributed by atoms with E-state index in [1.807, 2.05) is 0 Å². The van der Waals surface area contributed by atoms with Crippen molar-refractivity contribution in [3.05, 3.63) is 23.8 Å². The number of hydrogen-bond acceptors (Lipinski definition) is 6. The van der Waals surface area contributed by atoms with E-state index in [2.05, 4.69) is 19.2 Å². The predicted octanol–water partition coefficient (Wildman–Crippen LogP) is 3.21. The van der Waals surface area contributed by atoms with Crippen molar-refractivity contribution in [3.8, 4) is 17.2 Å². The lowest BCUT2D eigenvalue weighted by Crippen LogP contribution is -2.45. The maximum atomic E-state index is 12.1. The van der Waals surface area contributed by atoms with Crippen LogP contribution in [0.25, 0.3) is 6.08 Å². The monoisotopic (exact) mass is 405 g/mol. The summed E-state index contributed by atoms with van der Waals surface area (Å²) in [6, 6.07) is 3.56. The van der Waals surface area contributed by atoms with Gasteiger partial charge in [-0.25, -0.2) is 4.79 Å². The third-order valence-corrected chi connectivity index (χ3v) is 5.50. The molecular weight excluding hydrogens is 374 g/mol. The molecule has 0 aliphatic heterocycles. The lowest BCUT2D eigenvalue weighted by molar-refractivity contribution is -0.144. The van der Waals surface area contributed by atoms with Crippen LogP contribution in [-0.2, 0) is 14.3 Å². The number of rotatable bonds is 8. The van der Waals surface area contributed by atoms with Crippen LogP contribution >= 0.6 is 0 Å². The van der Waals surface area contributed by atoms with E-state index >= 15 is 0 Å². The van der Waals surface area contributed by atoms with Gasteiger partial charge in [-0.3, -0.25) is 4.79 Å². The normalized spacial score (nSPS) is 21.5. The number of carbonyl (C=O) groups excluding carboxylic acids is 2. The summed E-state index contributed by atoms with van der Waals surface area (Å²) in [5.74, 6) is 1.56. The van der Waals surface area contributed by atoms with E-state index in [0.717, 1.165) is 12.8 Å². The molecule has 0 radical (unpaired) electrons. The molecule has 1 aliphatic rings. The Morgan fingerprint density at radius 3 is 2.31 bits per heavy atom. The number of nitrogens with one attached hydrogen (secondary N) is 1. The second-order valence-corrected chi connectivity index (χ2v) is 7.34. The van der Waals surface area contributed by atoms with Gasteiger partial charge in [0.1, 0.15) is 0 Å². The van der Waals surface area contributed by atoms with E-state index in [-0.39, 0.29) is 18.6 Å². The molecule has 1 N–H and O–H groups in total. The van der Waals surface area contributed by atoms with Crippen molar-refractivity contribution in [2.75, 3.05) is 27.9 Å². The van der Waals surface area contributed by atoms with Gasteiger partial charge in [-0.15, -0.1) is 0 Å². The molecule has 0 saturated heterocycles. The Kier molecular flexibility index (Phi) is 8.36. The summed E-state index contributed by atoms with van der Waals surface area (Å²) in [6.45, 7) is 4.06. The average Bonchev–Trinajstić information content (AvgIpc) is 2.73. The molecule has 7 heteroatoms. The molecule has 0 aromatic heterocycles. The van der Waals surface area contributed by atoms with Crippen LogP contribution in [0, 0.1) is 11.8 Å². The predicted molar refractivity (Wildman–Crippen MR) is 110 cm³/mol. The summed E-state index contributed by atoms with van der Waals surface area (Å²) in [5.41, 5.74) is 0.672. The summed E-state index contributed by atoms with van der Waals surface area (Å²) in [7, 11) is 4.56. The van der Waals surface area contributed by atoms with Crippen molar-refractivity contribution in [3.63, 3.8) is 0 Å². The number of carbonyl (C=O) groups is 2. The number of methoxy groups -OCH3 is 3. The van der Waals surface area contributed by atoms with E-state index in [4.69, 9.17) is 18.9 Å². The molecule has 3 atom stereocenters. The Balaban J connectivity index is 1.90. The van der Waals surface area contributed by atoms with Gasteiger partial charge >= 0.3 is 5.97 Å². The standard InChI is InChI=1S/C22H31NO6/c1-14-7-6-8-17(15(14)2)23-20(24)13-29-21(25)10-9-16-11-18(26-3)22(28-5)19(12-16)27-4/h9-12,14-15,17H,6-8,13H2,1-5H3,(H,23,24)/b10-9+/t14-,15-,17+/m1/s1. The summed E-state index contributed by atoms with van der Waals surface area (Å²) in [5, 5.41) is 2.98. The highest BCUT2D eigenvalue weighted by molar-refractivity contribution is 5.89. The van der Waals surface area contributed by atoms with Gasteiger partial charge < -0.3 is 24.3 Å². The fourth-order valence-corrected chi connectivity index (χ4v) is 3.58. The lowest BCUT2D eigenvalue weighted by atomic mass is 9.78. The van der Waals surface area contributed by atoms with Gasteiger partial charge in [0.05, 0.1) is 21.3 Å². The molecule has 1 aliphatic carbocycles. The van der Waals surface area contributed by atoms with E-state index in [1.54, 1.807) is 18.2 Å². The Morgan fingerprint density at radius 1 is 1.07 bits per heavy atom. The van der Waals surface area contributed by atoms with Gasteiger partial charge in [0, 0.05) is 12.1 Å². The number of amides is 1. The fourth-order valence-electron chi connectivity index (χ4n) is 3.58. The number of benzene rings is 1. The van der Waals surface area contributed by atoms with Crippen LogP contribution in [0.2, 0.25) is 0 Å². The molecule has 0 spiro atoms. The first kappa shape index (κ1) is 22.6. The Hall–Kier alpha value is -2.70. The zero-order valence-electron chi connectivity index (χ0n) is 17.8. The van der Waals surface area contributed by atoms with E-state index in [0.29, 0.717) is 34.6 Å². The van der Waals surface area contributed by atoms with Crippen molar-refractivity contribution < 1.29 is 28.5 Å². The highest BCUT2D eigenvalue weighted by Crippen LogP contribution is 2.38. The van der Waals surface area contributed by atoms with Crippen LogP contribution < -0.4 is 19.5 Å². The van der Waals surface area contributed by atoms with Crippen molar-refractivity contribution >= 4 is 18.0 Å². The molecule has 0 bridgehead atoms. The Bertz CT molecular complexity index is 720. The summed E-state index contributed by atoms with van der Waals surface area (Å²) < 4.78 is 20.9. The molecule has 2 rings (SSSR count). The van der Waals surface area contributed by atoms with Crippen LogP contribution in [-0.4, -0.2) is 45.9 Å². The van der Waals surface area contributed by atoms with E-state index in [1.165, 1.54) is 33.8 Å². The maximum absolute atomic E-state index is 12.1. The lowest BCUT2D eigenvalue weighted by Gasteiger charge is -2.34. The second kappa shape index (κ2) is 10.7.